The summed E-state index contributed by atoms with van der Waals surface area (Å²) in [5, 5.41) is 12.2. The molecule has 6 heteroatoms. The molecule has 1 aromatic heterocycles. The van der Waals surface area contributed by atoms with Gasteiger partial charge in [-0.05, 0) is 41.3 Å². The van der Waals surface area contributed by atoms with Crippen molar-refractivity contribution in [1.82, 2.24) is 20.2 Å². The first-order valence-electron chi connectivity index (χ1n) is 7.11. The van der Waals surface area contributed by atoms with Crippen molar-refractivity contribution in [2.24, 2.45) is 11.7 Å². The Kier molecular flexibility index (Phi) is 3.64. The molecule has 106 valence electrons. The van der Waals surface area contributed by atoms with Gasteiger partial charge in [0.05, 0.1) is 5.69 Å². The lowest BCUT2D eigenvalue weighted by Gasteiger charge is -2.39. The summed E-state index contributed by atoms with van der Waals surface area (Å²) < 4.78 is 1.79. The molecule has 0 saturated carbocycles. The molecule has 1 aliphatic heterocycles. The molecule has 0 amide bonds. The van der Waals surface area contributed by atoms with Gasteiger partial charge in [-0.3, -0.25) is 0 Å². The van der Waals surface area contributed by atoms with Crippen LogP contribution in [-0.4, -0.2) is 39.3 Å². The van der Waals surface area contributed by atoms with Crippen LogP contribution in [0.4, 0.5) is 5.95 Å². The van der Waals surface area contributed by atoms with E-state index in [4.69, 9.17) is 5.73 Å². The molecule has 1 aromatic carbocycles. The minimum Gasteiger partial charge on any atom is -0.335 e. The van der Waals surface area contributed by atoms with Crippen LogP contribution < -0.4 is 10.6 Å². The molecular formula is C14H20N6. The molecule has 2 atom stereocenters. The average molecular weight is 272 g/mol. The number of aromatic nitrogens is 4. The van der Waals surface area contributed by atoms with Gasteiger partial charge >= 0.3 is 0 Å². The predicted molar refractivity (Wildman–Crippen MR) is 77.7 cm³/mol. The fourth-order valence-corrected chi connectivity index (χ4v) is 2.95. The highest BCUT2D eigenvalue weighted by molar-refractivity contribution is 5.42. The molecule has 20 heavy (non-hydrogen) atoms. The summed E-state index contributed by atoms with van der Waals surface area (Å²) in [6, 6.07) is 10.3. The summed E-state index contributed by atoms with van der Waals surface area (Å²) in [5.41, 5.74) is 6.93. The lowest BCUT2D eigenvalue weighted by Crippen LogP contribution is -2.49. The molecule has 2 aromatic rings. The van der Waals surface area contributed by atoms with Gasteiger partial charge in [-0.1, -0.05) is 30.2 Å². The van der Waals surface area contributed by atoms with Crippen LogP contribution in [-0.2, 0) is 0 Å². The van der Waals surface area contributed by atoms with Crippen molar-refractivity contribution < 1.29 is 0 Å². The fraction of sp³-hybridized carbons (Fsp3) is 0.500. The average Bonchev–Trinajstić information content (AvgIpc) is 2.97. The number of tetrazole rings is 1. The van der Waals surface area contributed by atoms with Crippen LogP contribution in [0.25, 0.3) is 5.69 Å². The summed E-state index contributed by atoms with van der Waals surface area (Å²) in [4.78, 5) is 2.25. The first kappa shape index (κ1) is 13.1. The van der Waals surface area contributed by atoms with E-state index in [1.165, 1.54) is 6.42 Å². The topological polar surface area (TPSA) is 72.9 Å². The van der Waals surface area contributed by atoms with Crippen LogP contribution in [0.3, 0.4) is 0 Å². The molecule has 2 N–H and O–H groups in total. The molecule has 0 spiro atoms. The highest BCUT2D eigenvalue weighted by atomic mass is 15.6. The highest BCUT2D eigenvalue weighted by Gasteiger charge is 2.31. The highest BCUT2D eigenvalue weighted by Crippen LogP contribution is 2.27. The predicted octanol–water partition coefficient (Wildman–Crippen LogP) is 1.23. The molecule has 1 aliphatic rings. The first-order valence-corrected chi connectivity index (χ1v) is 7.11. The van der Waals surface area contributed by atoms with E-state index in [9.17, 15) is 0 Å². The number of rotatable bonds is 3. The van der Waals surface area contributed by atoms with Gasteiger partial charge in [0.15, 0.2) is 0 Å². The summed E-state index contributed by atoms with van der Waals surface area (Å²) in [6.07, 6.45) is 2.37. The number of para-hydroxylation sites is 1. The van der Waals surface area contributed by atoms with Gasteiger partial charge in [-0.2, -0.15) is 4.68 Å². The van der Waals surface area contributed by atoms with Gasteiger partial charge in [0.1, 0.15) is 0 Å². The van der Waals surface area contributed by atoms with E-state index in [-0.39, 0.29) is 0 Å². The van der Waals surface area contributed by atoms with Gasteiger partial charge in [-0.25, -0.2) is 0 Å². The molecule has 1 fully saturated rings. The van der Waals surface area contributed by atoms with E-state index in [2.05, 4.69) is 27.3 Å². The Morgan fingerprint density at radius 2 is 2.10 bits per heavy atom. The number of hydrogen-bond acceptors (Lipinski definition) is 5. The monoisotopic (exact) mass is 272 g/mol. The van der Waals surface area contributed by atoms with Crippen molar-refractivity contribution in [3.05, 3.63) is 30.3 Å². The lowest BCUT2D eigenvalue weighted by molar-refractivity contribution is 0.344. The standard InChI is InChI=1S/C14H20N6/c1-11-6-5-9-19(13(11)10-15)14-16-17-18-20(14)12-7-3-2-4-8-12/h2-4,7-8,11,13H,5-6,9-10,15H2,1H3. The van der Waals surface area contributed by atoms with Crippen LogP contribution in [0.15, 0.2) is 30.3 Å². The van der Waals surface area contributed by atoms with Crippen molar-refractivity contribution >= 4 is 5.95 Å². The van der Waals surface area contributed by atoms with Crippen molar-refractivity contribution in [2.45, 2.75) is 25.8 Å². The third-order valence-corrected chi connectivity index (χ3v) is 4.07. The number of piperidine rings is 1. The maximum atomic E-state index is 5.96. The minimum atomic E-state index is 0.303. The molecular weight excluding hydrogens is 252 g/mol. The molecule has 2 unspecified atom stereocenters. The van der Waals surface area contributed by atoms with Gasteiger partial charge in [0.2, 0.25) is 0 Å². The Morgan fingerprint density at radius 3 is 2.85 bits per heavy atom. The van der Waals surface area contributed by atoms with E-state index in [0.717, 1.165) is 24.6 Å². The Hall–Kier alpha value is -1.95. The molecule has 3 rings (SSSR count). The zero-order valence-electron chi connectivity index (χ0n) is 11.7. The minimum absolute atomic E-state index is 0.303. The van der Waals surface area contributed by atoms with Gasteiger partial charge < -0.3 is 10.6 Å². The molecule has 1 saturated heterocycles. The van der Waals surface area contributed by atoms with Crippen LogP contribution in [0.1, 0.15) is 19.8 Å². The summed E-state index contributed by atoms with van der Waals surface area (Å²) >= 11 is 0. The number of nitrogens with two attached hydrogens (primary N) is 1. The molecule has 2 heterocycles. The largest absolute Gasteiger partial charge is 0.335 e. The number of anilines is 1. The smallest absolute Gasteiger partial charge is 0.250 e. The SMILES string of the molecule is CC1CCCN(c2nnnn2-c2ccccc2)C1CN. The van der Waals surface area contributed by atoms with Crippen molar-refractivity contribution in [1.29, 1.82) is 0 Å². The third-order valence-electron chi connectivity index (χ3n) is 4.07. The normalized spacial score (nSPS) is 23.0. The Morgan fingerprint density at radius 1 is 1.30 bits per heavy atom. The third kappa shape index (κ3) is 2.27. The zero-order valence-corrected chi connectivity index (χ0v) is 11.7. The van der Waals surface area contributed by atoms with E-state index < -0.39 is 0 Å². The summed E-state index contributed by atoms with van der Waals surface area (Å²) in [7, 11) is 0. The number of nitrogens with zero attached hydrogens (tertiary/aromatic N) is 5. The molecule has 0 radical (unpaired) electrons. The van der Waals surface area contributed by atoms with Gasteiger partial charge in [0, 0.05) is 19.1 Å². The number of hydrogen-bond donors (Lipinski definition) is 1. The zero-order chi connectivity index (χ0) is 13.9. The van der Waals surface area contributed by atoms with Crippen LogP contribution >= 0.6 is 0 Å². The van der Waals surface area contributed by atoms with Crippen molar-refractivity contribution in [3.8, 4) is 5.69 Å². The maximum absolute atomic E-state index is 5.96. The van der Waals surface area contributed by atoms with Gasteiger partial charge in [0.25, 0.3) is 5.95 Å². The van der Waals surface area contributed by atoms with Crippen LogP contribution in [0, 0.1) is 5.92 Å². The summed E-state index contributed by atoms with van der Waals surface area (Å²) in [5.74, 6) is 1.35. The maximum Gasteiger partial charge on any atom is 0.250 e. The fourth-order valence-electron chi connectivity index (χ4n) is 2.95. The second-order valence-corrected chi connectivity index (χ2v) is 5.34. The van der Waals surface area contributed by atoms with Crippen LogP contribution in [0.2, 0.25) is 0 Å². The van der Waals surface area contributed by atoms with E-state index in [1.807, 2.05) is 30.3 Å². The second-order valence-electron chi connectivity index (χ2n) is 5.34. The molecule has 0 aliphatic carbocycles. The van der Waals surface area contributed by atoms with E-state index >= 15 is 0 Å². The van der Waals surface area contributed by atoms with Crippen molar-refractivity contribution in [2.75, 3.05) is 18.0 Å². The summed E-state index contributed by atoms with van der Waals surface area (Å²) in [6.45, 7) is 3.84. The second kappa shape index (κ2) is 5.58. The van der Waals surface area contributed by atoms with E-state index in [0.29, 0.717) is 18.5 Å². The van der Waals surface area contributed by atoms with Crippen LogP contribution in [0.5, 0.6) is 0 Å². The molecule has 6 nitrogen and oxygen atoms in total. The van der Waals surface area contributed by atoms with E-state index in [1.54, 1.807) is 4.68 Å². The number of benzene rings is 1. The Balaban J connectivity index is 1.96. The quantitative estimate of drug-likeness (QED) is 0.909. The van der Waals surface area contributed by atoms with Crippen molar-refractivity contribution in [3.63, 3.8) is 0 Å². The first-order chi connectivity index (χ1) is 9.81. The molecule has 0 bridgehead atoms. The Labute approximate surface area is 118 Å². The lowest BCUT2D eigenvalue weighted by atomic mass is 9.91. The Bertz CT molecular complexity index is 552. The van der Waals surface area contributed by atoms with Gasteiger partial charge in [-0.15, -0.1) is 0 Å².